The lowest BCUT2D eigenvalue weighted by atomic mass is 9.98. The van der Waals surface area contributed by atoms with E-state index in [9.17, 15) is 4.79 Å². The number of hydrogen-bond donors (Lipinski definition) is 1. The Morgan fingerprint density at radius 1 is 1.10 bits per heavy atom. The fourth-order valence-corrected chi connectivity index (χ4v) is 2.41. The molecule has 0 spiro atoms. The van der Waals surface area contributed by atoms with Crippen molar-refractivity contribution in [2.75, 3.05) is 24.7 Å². The van der Waals surface area contributed by atoms with E-state index in [2.05, 4.69) is 0 Å². The number of esters is 1. The molecular formula is C16H16N2O2. The van der Waals surface area contributed by atoms with Crippen molar-refractivity contribution in [1.29, 1.82) is 0 Å². The summed E-state index contributed by atoms with van der Waals surface area (Å²) in [6.45, 7) is 0. The number of carbonyl (C=O) groups is 1. The van der Waals surface area contributed by atoms with Crippen molar-refractivity contribution in [3.05, 3.63) is 59.2 Å². The maximum atomic E-state index is 11.9. The Morgan fingerprint density at radius 3 is 2.45 bits per heavy atom. The van der Waals surface area contributed by atoms with Crippen molar-refractivity contribution in [3.8, 4) is 0 Å². The quantitative estimate of drug-likeness (QED) is 0.672. The molecule has 0 saturated carbocycles. The number of benzene rings is 2. The highest BCUT2D eigenvalue weighted by Crippen LogP contribution is 2.37. The van der Waals surface area contributed by atoms with Gasteiger partial charge in [-0.2, -0.15) is 0 Å². The molecule has 0 bridgehead atoms. The summed E-state index contributed by atoms with van der Waals surface area (Å²) in [6, 6.07) is 13.3. The maximum absolute atomic E-state index is 11.9. The second-order valence-electron chi connectivity index (χ2n) is 5.12. The molecule has 1 unspecified atom stereocenters. The lowest BCUT2D eigenvalue weighted by molar-refractivity contribution is 0.0456. The number of rotatable bonds is 2. The summed E-state index contributed by atoms with van der Waals surface area (Å²) >= 11 is 0. The third-order valence-corrected chi connectivity index (χ3v) is 3.52. The van der Waals surface area contributed by atoms with Gasteiger partial charge in [0, 0.05) is 31.0 Å². The van der Waals surface area contributed by atoms with Crippen molar-refractivity contribution in [2.24, 2.45) is 0 Å². The minimum Gasteiger partial charge on any atom is -0.449 e. The second-order valence-corrected chi connectivity index (χ2v) is 5.12. The van der Waals surface area contributed by atoms with Crippen molar-refractivity contribution < 1.29 is 9.53 Å². The molecule has 2 aromatic rings. The topological polar surface area (TPSA) is 55.6 Å². The fraction of sp³-hybridized carbons (Fsp3) is 0.188. The molecule has 2 N–H and O–H groups in total. The smallest absolute Gasteiger partial charge is 0.339 e. The molecule has 0 fully saturated rings. The van der Waals surface area contributed by atoms with Crippen LogP contribution in [0.2, 0.25) is 0 Å². The Bertz CT molecular complexity index is 663. The molecule has 0 radical (unpaired) electrons. The summed E-state index contributed by atoms with van der Waals surface area (Å²) in [5, 5.41) is 0. The zero-order valence-electron chi connectivity index (χ0n) is 11.5. The third kappa shape index (κ3) is 1.99. The van der Waals surface area contributed by atoms with Gasteiger partial charge in [-0.1, -0.05) is 18.2 Å². The van der Waals surface area contributed by atoms with Gasteiger partial charge in [0.1, 0.15) is 0 Å². The van der Waals surface area contributed by atoms with E-state index in [0.717, 1.165) is 16.8 Å². The van der Waals surface area contributed by atoms with Crippen LogP contribution in [0.25, 0.3) is 0 Å². The van der Waals surface area contributed by atoms with Gasteiger partial charge in [-0.3, -0.25) is 0 Å². The molecule has 4 heteroatoms. The lowest BCUT2D eigenvalue weighted by Crippen LogP contribution is -2.08. The first-order valence-corrected chi connectivity index (χ1v) is 6.44. The molecule has 1 heterocycles. The predicted octanol–water partition coefficient (Wildman–Crippen LogP) is 2.59. The van der Waals surface area contributed by atoms with Crippen LogP contribution in [-0.4, -0.2) is 20.1 Å². The Labute approximate surface area is 117 Å². The Balaban J connectivity index is 1.99. The van der Waals surface area contributed by atoms with E-state index in [1.807, 2.05) is 49.3 Å². The van der Waals surface area contributed by atoms with Crippen LogP contribution in [0.3, 0.4) is 0 Å². The Hall–Kier alpha value is -2.49. The Morgan fingerprint density at radius 2 is 1.80 bits per heavy atom. The molecule has 0 aliphatic carbocycles. The van der Waals surface area contributed by atoms with Crippen LogP contribution in [0.1, 0.15) is 27.6 Å². The van der Waals surface area contributed by atoms with Crippen LogP contribution in [0.4, 0.5) is 11.4 Å². The lowest BCUT2D eigenvalue weighted by Gasteiger charge is -2.15. The SMILES string of the molecule is CN(C)c1ccc(C2OC(=O)c3cc(N)ccc32)cc1. The van der Waals surface area contributed by atoms with E-state index in [1.165, 1.54) is 0 Å². The maximum Gasteiger partial charge on any atom is 0.339 e. The van der Waals surface area contributed by atoms with Gasteiger partial charge in [0.05, 0.1) is 5.56 Å². The van der Waals surface area contributed by atoms with Gasteiger partial charge in [-0.15, -0.1) is 0 Å². The van der Waals surface area contributed by atoms with Crippen molar-refractivity contribution >= 4 is 17.3 Å². The molecule has 1 atom stereocenters. The van der Waals surface area contributed by atoms with Gasteiger partial charge in [0.15, 0.2) is 6.10 Å². The van der Waals surface area contributed by atoms with Gasteiger partial charge >= 0.3 is 5.97 Å². The molecule has 0 saturated heterocycles. The highest BCUT2D eigenvalue weighted by Gasteiger charge is 2.32. The fourth-order valence-electron chi connectivity index (χ4n) is 2.41. The van der Waals surface area contributed by atoms with Gasteiger partial charge in [-0.05, 0) is 29.8 Å². The molecular weight excluding hydrogens is 252 g/mol. The highest BCUT2D eigenvalue weighted by atomic mass is 16.5. The van der Waals surface area contributed by atoms with Gasteiger partial charge in [0.25, 0.3) is 0 Å². The molecule has 20 heavy (non-hydrogen) atoms. The second kappa shape index (κ2) is 4.56. The number of nitrogens with zero attached hydrogens (tertiary/aromatic N) is 1. The minimum absolute atomic E-state index is 0.311. The average molecular weight is 268 g/mol. The number of ether oxygens (including phenoxy) is 1. The molecule has 0 aromatic heterocycles. The van der Waals surface area contributed by atoms with Crippen LogP contribution >= 0.6 is 0 Å². The van der Waals surface area contributed by atoms with E-state index in [-0.39, 0.29) is 12.1 Å². The van der Waals surface area contributed by atoms with E-state index in [0.29, 0.717) is 11.3 Å². The molecule has 102 valence electrons. The number of nitrogens with two attached hydrogens (primary N) is 1. The number of nitrogen functional groups attached to an aromatic ring is 1. The van der Waals surface area contributed by atoms with Gasteiger partial charge in [0.2, 0.25) is 0 Å². The van der Waals surface area contributed by atoms with Crippen molar-refractivity contribution in [3.63, 3.8) is 0 Å². The predicted molar refractivity (Wildman–Crippen MR) is 78.9 cm³/mol. The van der Waals surface area contributed by atoms with Crippen LogP contribution in [0.15, 0.2) is 42.5 Å². The summed E-state index contributed by atoms with van der Waals surface area (Å²) in [4.78, 5) is 13.9. The summed E-state index contributed by atoms with van der Waals surface area (Å²) in [6.07, 6.45) is -0.339. The van der Waals surface area contributed by atoms with Crippen LogP contribution < -0.4 is 10.6 Å². The molecule has 1 aliphatic rings. The number of cyclic esters (lactones) is 1. The van der Waals surface area contributed by atoms with E-state index >= 15 is 0 Å². The normalized spacial score (nSPS) is 16.7. The summed E-state index contributed by atoms with van der Waals surface area (Å²) in [7, 11) is 3.98. The number of carbonyl (C=O) groups excluding carboxylic acids is 1. The number of anilines is 2. The zero-order valence-corrected chi connectivity index (χ0v) is 11.5. The van der Waals surface area contributed by atoms with Crippen LogP contribution in [0, 0.1) is 0 Å². The van der Waals surface area contributed by atoms with Gasteiger partial charge in [-0.25, -0.2) is 4.79 Å². The first kappa shape index (κ1) is 12.5. The Kier molecular flexibility index (Phi) is 2.86. The monoisotopic (exact) mass is 268 g/mol. The summed E-state index contributed by atoms with van der Waals surface area (Å²) in [5.41, 5.74) is 9.80. The summed E-state index contributed by atoms with van der Waals surface area (Å²) < 4.78 is 5.47. The zero-order chi connectivity index (χ0) is 14.3. The van der Waals surface area contributed by atoms with Gasteiger partial charge < -0.3 is 15.4 Å². The highest BCUT2D eigenvalue weighted by molar-refractivity contribution is 5.95. The molecule has 2 aromatic carbocycles. The first-order chi connectivity index (χ1) is 9.56. The molecule has 4 nitrogen and oxygen atoms in total. The number of hydrogen-bond acceptors (Lipinski definition) is 4. The van der Waals surface area contributed by atoms with Crippen LogP contribution in [-0.2, 0) is 4.74 Å². The van der Waals surface area contributed by atoms with Crippen molar-refractivity contribution in [1.82, 2.24) is 0 Å². The summed E-state index contributed by atoms with van der Waals surface area (Å²) in [5.74, 6) is -0.311. The molecule has 1 aliphatic heterocycles. The standard InChI is InChI=1S/C16H16N2O2/c1-18(2)12-6-3-10(4-7-12)15-13-8-5-11(17)9-14(13)16(19)20-15/h3-9,15H,17H2,1-2H3. The largest absolute Gasteiger partial charge is 0.449 e. The van der Waals surface area contributed by atoms with E-state index < -0.39 is 0 Å². The van der Waals surface area contributed by atoms with Crippen LogP contribution in [0.5, 0.6) is 0 Å². The third-order valence-electron chi connectivity index (χ3n) is 3.52. The van der Waals surface area contributed by atoms with Crippen molar-refractivity contribution in [2.45, 2.75) is 6.10 Å². The van der Waals surface area contributed by atoms with E-state index in [4.69, 9.17) is 10.5 Å². The number of fused-ring (bicyclic) bond motifs is 1. The minimum atomic E-state index is -0.339. The average Bonchev–Trinajstić information content (AvgIpc) is 2.76. The van der Waals surface area contributed by atoms with E-state index in [1.54, 1.807) is 12.1 Å². The first-order valence-electron chi connectivity index (χ1n) is 6.44. The molecule has 0 amide bonds. The molecule has 3 rings (SSSR count).